The van der Waals surface area contributed by atoms with Crippen LogP contribution in [-0.2, 0) is 14.3 Å². The largest absolute Gasteiger partial charge is 0.496 e. The predicted molar refractivity (Wildman–Crippen MR) is 65.2 cm³/mol. The summed E-state index contributed by atoms with van der Waals surface area (Å²) >= 11 is 0.819. The molecule has 0 radical (unpaired) electrons. The van der Waals surface area contributed by atoms with Crippen LogP contribution in [0, 0.1) is 6.92 Å². The van der Waals surface area contributed by atoms with E-state index in [1.807, 2.05) is 13.0 Å². The van der Waals surface area contributed by atoms with Gasteiger partial charge in [0.2, 0.25) is 0 Å². The summed E-state index contributed by atoms with van der Waals surface area (Å²) in [6.07, 6.45) is 0. The number of carbonyl (C=O) groups is 2. The van der Waals surface area contributed by atoms with Gasteiger partial charge in [0, 0.05) is 0 Å². The van der Waals surface area contributed by atoms with E-state index in [0.29, 0.717) is 10.6 Å². The summed E-state index contributed by atoms with van der Waals surface area (Å²) in [5.41, 5.74) is 0.991. The smallest absolute Gasteiger partial charge is 0.386 e. The Labute approximate surface area is 104 Å². The molecule has 0 aliphatic heterocycles. The molecule has 0 aromatic heterocycles. The van der Waals surface area contributed by atoms with Crippen LogP contribution in [0.5, 0.6) is 5.75 Å². The number of benzene rings is 1. The summed E-state index contributed by atoms with van der Waals surface area (Å²) in [6, 6.07) is 5.43. The van der Waals surface area contributed by atoms with E-state index in [0.717, 1.165) is 17.3 Å². The second-order valence-corrected chi connectivity index (χ2v) is 4.28. The lowest BCUT2D eigenvalue weighted by atomic mass is 10.2. The number of hydrogen-bond acceptors (Lipinski definition) is 5. The zero-order chi connectivity index (χ0) is 12.8. The fraction of sp³-hybridized carbons (Fsp3) is 0.333. The average molecular weight is 254 g/mol. The second-order valence-electron chi connectivity index (χ2n) is 3.26. The lowest BCUT2D eigenvalue weighted by Crippen LogP contribution is -2.13. The molecule has 0 saturated heterocycles. The fourth-order valence-corrected chi connectivity index (χ4v) is 2.03. The van der Waals surface area contributed by atoms with Gasteiger partial charge in [-0.05, 0) is 43.3 Å². The molecular weight excluding hydrogens is 240 g/mol. The molecule has 0 amide bonds. The fourth-order valence-electron chi connectivity index (χ4n) is 1.20. The maximum Gasteiger partial charge on any atom is 0.386 e. The number of ether oxygens (including phenoxy) is 2. The average Bonchev–Trinajstić information content (AvgIpc) is 2.29. The first kappa shape index (κ1) is 13.6. The Kier molecular flexibility index (Phi) is 5.03. The Balaban J connectivity index is 2.83. The standard InChI is InChI=1S/C12H14O4S/c1-4-16-11(13)12(14)17-10-7-8(2)5-6-9(10)15-3/h5-7H,4H2,1-3H3. The minimum absolute atomic E-state index is 0.191. The molecule has 0 saturated carbocycles. The molecule has 0 bridgehead atoms. The first-order valence-electron chi connectivity index (χ1n) is 5.12. The van der Waals surface area contributed by atoms with Gasteiger partial charge in [0.1, 0.15) is 5.75 Å². The normalized spacial score (nSPS) is 9.82. The van der Waals surface area contributed by atoms with Crippen LogP contribution in [0.15, 0.2) is 23.1 Å². The molecule has 1 aromatic rings. The van der Waals surface area contributed by atoms with Crippen LogP contribution in [-0.4, -0.2) is 24.8 Å². The molecule has 0 N–H and O–H groups in total. The molecule has 1 aromatic carbocycles. The van der Waals surface area contributed by atoms with Crippen LogP contribution >= 0.6 is 11.8 Å². The highest BCUT2D eigenvalue weighted by Crippen LogP contribution is 2.30. The van der Waals surface area contributed by atoms with E-state index in [9.17, 15) is 9.59 Å². The van der Waals surface area contributed by atoms with Crippen molar-refractivity contribution in [3.63, 3.8) is 0 Å². The van der Waals surface area contributed by atoms with Gasteiger partial charge in [-0.25, -0.2) is 4.79 Å². The van der Waals surface area contributed by atoms with Crippen LogP contribution in [0.1, 0.15) is 12.5 Å². The van der Waals surface area contributed by atoms with Crippen LogP contribution in [0.3, 0.4) is 0 Å². The van der Waals surface area contributed by atoms with Crippen molar-refractivity contribution in [2.24, 2.45) is 0 Å². The Morgan fingerprint density at radius 1 is 1.35 bits per heavy atom. The summed E-state index contributed by atoms with van der Waals surface area (Å²) in [5.74, 6) is -0.265. The molecule has 1 rings (SSSR count). The summed E-state index contributed by atoms with van der Waals surface area (Å²) in [7, 11) is 1.52. The third-order valence-corrected chi connectivity index (χ3v) is 2.85. The van der Waals surface area contributed by atoms with E-state index in [4.69, 9.17) is 4.74 Å². The van der Waals surface area contributed by atoms with Gasteiger partial charge >= 0.3 is 11.1 Å². The number of carbonyl (C=O) groups excluding carboxylic acids is 2. The quantitative estimate of drug-likeness (QED) is 0.470. The van der Waals surface area contributed by atoms with E-state index < -0.39 is 11.1 Å². The summed E-state index contributed by atoms with van der Waals surface area (Å²) in [4.78, 5) is 23.3. The number of methoxy groups -OCH3 is 1. The zero-order valence-electron chi connectivity index (χ0n) is 9.98. The van der Waals surface area contributed by atoms with E-state index >= 15 is 0 Å². The molecule has 0 aliphatic carbocycles. The first-order chi connectivity index (χ1) is 8.08. The molecule has 0 atom stereocenters. The molecule has 92 valence electrons. The van der Waals surface area contributed by atoms with Crippen LogP contribution in [0.4, 0.5) is 0 Å². The lowest BCUT2D eigenvalue weighted by Gasteiger charge is -2.07. The summed E-state index contributed by atoms with van der Waals surface area (Å²) in [6.45, 7) is 3.75. The van der Waals surface area contributed by atoms with Gasteiger partial charge in [-0.3, -0.25) is 4.79 Å². The van der Waals surface area contributed by atoms with Gasteiger partial charge in [0.25, 0.3) is 0 Å². The van der Waals surface area contributed by atoms with Gasteiger partial charge in [-0.15, -0.1) is 0 Å². The van der Waals surface area contributed by atoms with Crippen LogP contribution in [0.25, 0.3) is 0 Å². The first-order valence-corrected chi connectivity index (χ1v) is 5.93. The van der Waals surface area contributed by atoms with Crippen molar-refractivity contribution in [2.75, 3.05) is 13.7 Å². The van der Waals surface area contributed by atoms with Crippen molar-refractivity contribution in [3.05, 3.63) is 23.8 Å². The minimum atomic E-state index is -0.832. The van der Waals surface area contributed by atoms with Crippen molar-refractivity contribution < 1.29 is 19.1 Å². The highest BCUT2D eigenvalue weighted by molar-refractivity contribution is 8.15. The maximum absolute atomic E-state index is 11.5. The monoisotopic (exact) mass is 254 g/mol. The molecule has 0 fully saturated rings. The predicted octanol–water partition coefficient (Wildman–Crippen LogP) is 2.19. The highest BCUT2D eigenvalue weighted by atomic mass is 32.2. The molecule has 0 heterocycles. The lowest BCUT2D eigenvalue weighted by molar-refractivity contribution is -0.149. The molecule has 5 heteroatoms. The molecule has 4 nitrogen and oxygen atoms in total. The summed E-state index contributed by atoms with van der Waals surface area (Å²) < 4.78 is 9.75. The number of hydrogen-bond donors (Lipinski definition) is 0. The third-order valence-electron chi connectivity index (χ3n) is 1.96. The second kappa shape index (κ2) is 6.30. The molecule has 17 heavy (non-hydrogen) atoms. The Morgan fingerprint density at radius 2 is 2.06 bits per heavy atom. The van der Waals surface area contributed by atoms with Gasteiger partial charge in [0.15, 0.2) is 0 Å². The van der Waals surface area contributed by atoms with Crippen LogP contribution in [0.2, 0.25) is 0 Å². The van der Waals surface area contributed by atoms with Crippen LogP contribution < -0.4 is 4.74 Å². The van der Waals surface area contributed by atoms with Gasteiger partial charge in [0.05, 0.1) is 18.6 Å². The Bertz CT molecular complexity index is 429. The maximum atomic E-state index is 11.5. The number of esters is 1. The van der Waals surface area contributed by atoms with Crippen molar-refractivity contribution in [2.45, 2.75) is 18.7 Å². The van der Waals surface area contributed by atoms with Gasteiger partial charge in [-0.2, -0.15) is 0 Å². The van der Waals surface area contributed by atoms with E-state index in [1.165, 1.54) is 7.11 Å². The van der Waals surface area contributed by atoms with E-state index in [1.54, 1.807) is 19.1 Å². The summed E-state index contributed by atoms with van der Waals surface area (Å²) in [5, 5.41) is -0.643. The molecule has 0 aliphatic rings. The zero-order valence-corrected chi connectivity index (χ0v) is 10.8. The minimum Gasteiger partial charge on any atom is -0.496 e. The van der Waals surface area contributed by atoms with Crippen molar-refractivity contribution in [3.8, 4) is 5.75 Å². The van der Waals surface area contributed by atoms with E-state index in [2.05, 4.69) is 4.74 Å². The molecule has 0 unspecified atom stereocenters. The topological polar surface area (TPSA) is 52.6 Å². The molecule has 0 spiro atoms. The Morgan fingerprint density at radius 3 is 2.65 bits per heavy atom. The van der Waals surface area contributed by atoms with Gasteiger partial charge in [-0.1, -0.05) is 6.07 Å². The third kappa shape index (κ3) is 3.78. The highest BCUT2D eigenvalue weighted by Gasteiger charge is 2.18. The SMILES string of the molecule is CCOC(=O)C(=O)Sc1cc(C)ccc1OC. The van der Waals surface area contributed by atoms with E-state index in [-0.39, 0.29) is 6.61 Å². The number of rotatable bonds is 3. The van der Waals surface area contributed by atoms with Crippen molar-refractivity contribution in [1.29, 1.82) is 0 Å². The number of aryl methyl sites for hydroxylation is 1. The van der Waals surface area contributed by atoms with Crippen molar-refractivity contribution in [1.82, 2.24) is 0 Å². The molecular formula is C12H14O4S. The van der Waals surface area contributed by atoms with Gasteiger partial charge < -0.3 is 9.47 Å². The number of thioether (sulfide) groups is 1. The Hall–Kier alpha value is -1.49. The van der Waals surface area contributed by atoms with Crippen molar-refractivity contribution >= 4 is 22.8 Å².